The average molecular weight is 396 g/mol. The van der Waals surface area contributed by atoms with Crippen molar-refractivity contribution in [2.75, 3.05) is 20.1 Å². The van der Waals surface area contributed by atoms with Crippen LogP contribution in [0.15, 0.2) is 22.7 Å². The van der Waals surface area contributed by atoms with Crippen molar-refractivity contribution in [2.45, 2.75) is 52.6 Å². The van der Waals surface area contributed by atoms with Gasteiger partial charge in [0.25, 0.3) is 5.91 Å². The van der Waals surface area contributed by atoms with E-state index in [1.807, 2.05) is 42.6 Å². The zero-order valence-electron chi connectivity index (χ0n) is 17.8. The second-order valence-corrected chi connectivity index (χ2v) is 8.15. The first-order chi connectivity index (χ1) is 13.9. The number of likely N-dealkylation sites (N-methyl/N-ethyl adjacent to an activating group) is 1. The Kier molecular flexibility index (Phi) is 5.17. The Morgan fingerprint density at radius 1 is 1.34 bits per heavy atom. The first-order valence-electron chi connectivity index (χ1n) is 10.3. The number of pyridine rings is 1. The molecule has 154 valence electrons. The standard InChI is InChI=1S/C22H29N5O2/c1-13(2)27-21-19(12-24-27)18(22(28)26-8-6-7-16(26)11-23-5)10-20(25-21)17-9-14(3)29-15(17)4/h9-10,12-13,16,23H,6-8,11H2,1-5H3. The van der Waals surface area contributed by atoms with Crippen LogP contribution in [0.25, 0.3) is 22.3 Å². The second kappa shape index (κ2) is 7.63. The monoisotopic (exact) mass is 395 g/mol. The van der Waals surface area contributed by atoms with Gasteiger partial charge in [-0.15, -0.1) is 0 Å². The number of nitrogens with one attached hydrogen (secondary N) is 1. The number of amides is 1. The van der Waals surface area contributed by atoms with Crippen LogP contribution in [0.3, 0.4) is 0 Å². The minimum atomic E-state index is 0.0533. The summed E-state index contributed by atoms with van der Waals surface area (Å²) in [6.45, 7) is 9.58. The van der Waals surface area contributed by atoms with E-state index in [1.165, 1.54) is 0 Å². The highest BCUT2D eigenvalue weighted by atomic mass is 16.3. The van der Waals surface area contributed by atoms with Gasteiger partial charge >= 0.3 is 0 Å². The predicted octanol–water partition coefficient (Wildman–Crippen LogP) is 3.71. The minimum absolute atomic E-state index is 0.0533. The van der Waals surface area contributed by atoms with Crippen LogP contribution in [0, 0.1) is 13.8 Å². The fourth-order valence-corrected chi connectivity index (χ4v) is 4.30. The van der Waals surface area contributed by atoms with Crippen molar-refractivity contribution in [3.05, 3.63) is 35.4 Å². The molecule has 0 spiro atoms. The highest BCUT2D eigenvalue weighted by molar-refractivity contribution is 6.06. The van der Waals surface area contributed by atoms with Crippen molar-refractivity contribution in [1.82, 2.24) is 25.0 Å². The SMILES string of the molecule is CNCC1CCCN1C(=O)c1cc(-c2cc(C)oc2C)nc2c1cnn2C(C)C. The normalized spacial score (nSPS) is 17.0. The molecule has 1 unspecified atom stereocenters. The Bertz CT molecular complexity index is 1050. The Morgan fingerprint density at radius 2 is 2.14 bits per heavy atom. The molecule has 7 heteroatoms. The molecule has 4 heterocycles. The number of furan rings is 1. The molecular formula is C22H29N5O2. The molecule has 1 aliphatic heterocycles. The molecule has 1 amide bonds. The lowest BCUT2D eigenvalue weighted by Gasteiger charge is -2.25. The summed E-state index contributed by atoms with van der Waals surface area (Å²) in [4.78, 5) is 20.5. The summed E-state index contributed by atoms with van der Waals surface area (Å²) in [6.07, 6.45) is 3.83. The lowest BCUT2D eigenvalue weighted by Crippen LogP contribution is -2.40. The van der Waals surface area contributed by atoms with Gasteiger partial charge in [0.15, 0.2) is 5.65 Å². The quantitative estimate of drug-likeness (QED) is 0.713. The van der Waals surface area contributed by atoms with E-state index in [2.05, 4.69) is 24.3 Å². The summed E-state index contributed by atoms with van der Waals surface area (Å²) in [7, 11) is 1.93. The van der Waals surface area contributed by atoms with Gasteiger partial charge in [-0.05, 0) is 59.7 Å². The molecule has 0 saturated carbocycles. The third-order valence-electron chi connectivity index (χ3n) is 5.68. The van der Waals surface area contributed by atoms with Crippen LogP contribution in [0.5, 0.6) is 0 Å². The summed E-state index contributed by atoms with van der Waals surface area (Å²) in [5.74, 6) is 1.69. The molecular weight excluding hydrogens is 366 g/mol. The van der Waals surface area contributed by atoms with Crippen molar-refractivity contribution < 1.29 is 9.21 Å². The number of rotatable bonds is 5. The van der Waals surface area contributed by atoms with E-state index in [9.17, 15) is 4.79 Å². The molecule has 1 fully saturated rings. The molecule has 1 saturated heterocycles. The summed E-state index contributed by atoms with van der Waals surface area (Å²) in [5, 5.41) is 8.55. The Balaban J connectivity index is 1.88. The lowest BCUT2D eigenvalue weighted by molar-refractivity contribution is 0.0739. The van der Waals surface area contributed by atoms with E-state index in [0.29, 0.717) is 5.56 Å². The molecule has 7 nitrogen and oxygen atoms in total. The van der Waals surface area contributed by atoms with E-state index in [-0.39, 0.29) is 18.0 Å². The molecule has 1 atom stereocenters. The third-order valence-corrected chi connectivity index (χ3v) is 5.68. The predicted molar refractivity (Wildman–Crippen MR) is 113 cm³/mol. The van der Waals surface area contributed by atoms with Gasteiger partial charge in [-0.3, -0.25) is 4.79 Å². The molecule has 1 aliphatic rings. The first kappa shape index (κ1) is 19.6. The molecule has 3 aromatic rings. The molecule has 1 N–H and O–H groups in total. The largest absolute Gasteiger partial charge is 0.466 e. The Morgan fingerprint density at radius 3 is 2.79 bits per heavy atom. The molecule has 0 aliphatic carbocycles. The summed E-state index contributed by atoms with van der Waals surface area (Å²) in [5.41, 5.74) is 3.08. The van der Waals surface area contributed by atoms with Crippen molar-refractivity contribution in [1.29, 1.82) is 0 Å². The number of hydrogen-bond donors (Lipinski definition) is 1. The topological polar surface area (TPSA) is 76.2 Å². The highest BCUT2D eigenvalue weighted by Gasteiger charge is 2.31. The van der Waals surface area contributed by atoms with E-state index in [0.717, 1.165) is 59.7 Å². The van der Waals surface area contributed by atoms with Gasteiger partial charge in [0.05, 0.1) is 22.8 Å². The Hall–Kier alpha value is -2.67. The number of carbonyl (C=O) groups is 1. The van der Waals surface area contributed by atoms with Crippen LogP contribution in [-0.2, 0) is 0 Å². The van der Waals surface area contributed by atoms with Gasteiger partial charge in [0, 0.05) is 30.7 Å². The minimum Gasteiger partial charge on any atom is -0.466 e. The summed E-state index contributed by atoms with van der Waals surface area (Å²) in [6, 6.07) is 4.25. The number of likely N-dealkylation sites (tertiary alicyclic amines) is 1. The van der Waals surface area contributed by atoms with Crippen LogP contribution < -0.4 is 5.32 Å². The van der Waals surface area contributed by atoms with Gasteiger partial charge in [0.1, 0.15) is 11.5 Å². The maximum Gasteiger partial charge on any atom is 0.255 e. The van der Waals surface area contributed by atoms with Crippen molar-refractivity contribution in [3.63, 3.8) is 0 Å². The summed E-state index contributed by atoms with van der Waals surface area (Å²) < 4.78 is 7.61. The van der Waals surface area contributed by atoms with Crippen molar-refractivity contribution >= 4 is 16.9 Å². The van der Waals surface area contributed by atoms with Crippen LogP contribution in [0.2, 0.25) is 0 Å². The number of nitrogens with zero attached hydrogens (tertiary/aromatic N) is 4. The fraction of sp³-hybridized carbons (Fsp3) is 0.500. The maximum absolute atomic E-state index is 13.6. The zero-order chi connectivity index (χ0) is 20.7. The molecule has 0 radical (unpaired) electrons. The number of aryl methyl sites for hydroxylation is 2. The molecule has 29 heavy (non-hydrogen) atoms. The molecule has 0 aromatic carbocycles. The first-order valence-corrected chi connectivity index (χ1v) is 10.3. The van der Waals surface area contributed by atoms with Crippen LogP contribution in [-0.4, -0.2) is 51.8 Å². The molecule has 3 aromatic heterocycles. The number of fused-ring (bicyclic) bond motifs is 1. The number of carbonyl (C=O) groups excluding carboxylic acids is 1. The molecule has 0 bridgehead atoms. The highest BCUT2D eigenvalue weighted by Crippen LogP contribution is 2.31. The van der Waals surface area contributed by atoms with Crippen LogP contribution >= 0.6 is 0 Å². The fourth-order valence-electron chi connectivity index (χ4n) is 4.30. The van der Waals surface area contributed by atoms with Gasteiger partial charge in [0.2, 0.25) is 0 Å². The van der Waals surface area contributed by atoms with Crippen molar-refractivity contribution in [2.24, 2.45) is 0 Å². The second-order valence-electron chi connectivity index (χ2n) is 8.15. The lowest BCUT2D eigenvalue weighted by atomic mass is 10.1. The van der Waals surface area contributed by atoms with Gasteiger partial charge in [-0.25, -0.2) is 9.67 Å². The average Bonchev–Trinajstić information content (AvgIpc) is 3.38. The van der Waals surface area contributed by atoms with Gasteiger partial charge in [-0.2, -0.15) is 5.10 Å². The van der Waals surface area contributed by atoms with Gasteiger partial charge < -0.3 is 14.6 Å². The Labute approximate surface area is 171 Å². The van der Waals surface area contributed by atoms with E-state index >= 15 is 0 Å². The third kappa shape index (κ3) is 3.44. The van der Waals surface area contributed by atoms with E-state index in [4.69, 9.17) is 9.40 Å². The van der Waals surface area contributed by atoms with Crippen LogP contribution in [0.4, 0.5) is 0 Å². The van der Waals surface area contributed by atoms with E-state index < -0.39 is 0 Å². The zero-order valence-corrected chi connectivity index (χ0v) is 17.8. The summed E-state index contributed by atoms with van der Waals surface area (Å²) >= 11 is 0. The van der Waals surface area contributed by atoms with Crippen LogP contribution in [0.1, 0.15) is 54.6 Å². The number of aromatic nitrogens is 3. The maximum atomic E-state index is 13.6. The van der Waals surface area contributed by atoms with E-state index in [1.54, 1.807) is 6.20 Å². The smallest absolute Gasteiger partial charge is 0.255 e. The number of hydrogen-bond acceptors (Lipinski definition) is 5. The van der Waals surface area contributed by atoms with Gasteiger partial charge in [-0.1, -0.05) is 0 Å². The molecule has 4 rings (SSSR count). The van der Waals surface area contributed by atoms with Crippen molar-refractivity contribution in [3.8, 4) is 11.3 Å².